The Kier molecular flexibility index (Phi) is 4.53. The fourth-order valence-electron chi connectivity index (χ4n) is 4.45. The van der Waals surface area contributed by atoms with Gasteiger partial charge in [-0.15, -0.1) is 0 Å². The summed E-state index contributed by atoms with van der Waals surface area (Å²) in [6.07, 6.45) is 5.08. The summed E-state index contributed by atoms with van der Waals surface area (Å²) in [5.41, 5.74) is 1.52. The van der Waals surface area contributed by atoms with Gasteiger partial charge in [0.25, 0.3) is 5.91 Å². The molecular weight excluding hydrogens is 330 g/mol. The van der Waals surface area contributed by atoms with Crippen LogP contribution in [-0.4, -0.2) is 52.7 Å². The van der Waals surface area contributed by atoms with E-state index >= 15 is 0 Å². The Labute approximate surface area is 153 Å². The molecule has 2 unspecified atom stereocenters. The zero-order valence-electron chi connectivity index (χ0n) is 15.1. The number of carbonyl (C=O) groups is 3. The SMILES string of the molecule is CN(C(=O)c1ccc(CN2C(=O)CCC2=O)cc1)C1CC2CCC(C1)N2. The van der Waals surface area contributed by atoms with E-state index in [4.69, 9.17) is 0 Å². The van der Waals surface area contributed by atoms with Gasteiger partial charge in [0.1, 0.15) is 0 Å². The summed E-state index contributed by atoms with van der Waals surface area (Å²) >= 11 is 0. The summed E-state index contributed by atoms with van der Waals surface area (Å²) < 4.78 is 0. The van der Waals surface area contributed by atoms with Gasteiger partial charge in [0.05, 0.1) is 6.54 Å². The van der Waals surface area contributed by atoms with Crippen molar-refractivity contribution >= 4 is 17.7 Å². The molecule has 3 amide bonds. The molecule has 3 aliphatic heterocycles. The van der Waals surface area contributed by atoms with E-state index in [0.29, 0.717) is 43.1 Å². The van der Waals surface area contributed by atoms with Crippen molar-refractivity contribution < 1.29 is 14.4 Å². The Balaban J connectivity index is 1.40. The monoisotopic (exact) mass is 355 g/mol. The van der Waals surface area contributed by atoms with Crippen LogP contribution in [0.25, 0.3) is 0 Å². The van der Waals surface area contributed by atoms with Crippen molar-refractivity contribution in [2.24, 2.45) is 0 Å². The van der Waals surface area contributed by atoms with Crippen molar-refractivity contribution in [2.45, 2.75) is 63.2 Å². The van der Waals surface area contributed by atoms with Crippen LogP contribution in [0, 0.1) is 0 Å². The maximum atomic E-state index is 12.8. The molecule has 4 rings (SSSR count). The molecular formula is C20H25N3O3. The van der Waals surface area contributed by atoms with Gasteiger partial charge in [-0.1, -0.05) is 12.1 Å². The lowest BCUT2D eigenvalue weighted by atomic mass is 9.98. The number of benzene rings is 1. The number of piperidine rings is 1. The molecule has 1 N–H and O–H groups in total. The number of hydrogen-bond donors (Lipinski definition) is 1. The van der Waals surface area contributed by atoms with E-state index < -0.39 is 0 Å². The second-order valence-corrected chi connectivity index (χ2v) is 7.75. The predicted octanol–water partition coefficient (Wildman–Crippen LogP) is 1.69. The maximum Gasteiger partial charge on any atom is 0.253 e. The van der Waals surface area contributed by atoms with Crippen LogP contribution in [-0.2, 0) is 16.1 Å². The number of hydrogen-bond acceptors (Lipinski definition) is 4. The Bertz CT molecular complexity index is 702. The van der Waals surface area contributed by atoms with Crippen LogP contribution < -0.4 is 5.32 Å². The molecule has 138 valence electrons. The van der Waals surface area contributed by atoms with Crippen molar-refractivity contribution in [3.63, 3.8) is 0 Å². The third-order valence-electron chi connectivity index (χ3n) is 6.01. The highest BCUT2D eigenvalue weighted by atomic mass is 16.2. The molecule has 1 aromatic carbocycles. The van der Waals surface area contributed by atoms with Crippen LogP contribution in [0.3, 0.4) is 0 Å². The molecule has 1 aromatic rings. The minimum atomic E-state index is -0.115. The minimum Gasteiger partial charge on any atom is -0.339 e. The molecule has 0 radical (unpaired) electrons. The Morgan fingerprint density at radius 3 is 2.23 bits per heavy atom. The molecule has 3 fully saturated rings. The van der Waals surface area contributed by atoms with Gasteiger partial charge in [0.15, 0.2) is 0 Å². The van der Waals surface area contributed by atoms with Gasteiger partial charge in [0, 0.05) is 43.6 Å². The van der Waals surface area contributed by atoms with E-state index in [2.05, 4.69) is 5.32 Å². The second-order valence-electron chi connectivity index (χ2n) is 7.75. The van der Waals surface area contributed by atoms with Gasteiger partial charge >= 0.3 is 0 Å². The average Bonchev–Trinajstić information content (AvgIpc) is 3.16. The number of imide groups is 1. The topological polar surface area (TPSA) is 69.7 Å². The Morgan fingerprint density at radius 2 is 1.65 bits per heavy atom. The third-order valence-corrected chi connectivity index (χ3v) is 6.01. The number of likely N-dealkylation sites (tertiary alicyclic amines) is 1. The van der Waals surface area contributed by atoms with Crippen LogP contribution in [0.15, 0.2) is 24.3 Å². The van der Waals surface area contributed by atoms with Crippen molar-refractivity contribution in [3.05, 3.63) is 35.4 Å². The normalized spacial score (nSPS) is 27.9. The summed E-state index contributed by atoms with van der Waals surface area (Å²) in [6.45, 7) is 0.291. The van der Waals surface area contributed by atoms with Gasteiger partial charge in [-0.2, -0.15) is 0 Å². The van der Waals surface area contributed by atoms with Gasteiger partial charge in [0.2, 0.25) is 11.8 Å². The maximum absolute atomic E-state index is 12.8. The molecule has 2 bridgehead atoms. The highest BCUT2D eigenvalue weighted by Crippen LogP contribution is 2.30. The molecule has 0 spiro atoms. The number of nitrogens with one attached hydrogen (secondary N) is 1. The number of nitrogens with zero attached hydrogens (tertiary/aromatic N) is 2. The smallest absolute Gasteiger partial charge is 0.253 e. The second kappa shape index (κ2) is 6.83. The first-order chi connectivity index (χ1) is 12.5. The molecule has 0 aromatic heterocycles. The molecule has 6 nitrogen and oxygen atoms in total. The third kappa shape index (κ3) is 3.26. The van der Waals surface area contributed by atoms with Crippen LogP contribution in [0.2, 0.25) is 0 Å². The summed E-state index contributed by atoms with van der Waals surface area (Å²) in [7, 11) is 1.90. The van der Waals surface area contributed by atoms with E-state index in [-0.39, 0.29) is 17.7 Å². The fourth-order valence-corrected chi connectivity index (χ4v) is 4.45. The van der Waals surface area contributed by atoms with Crippen LogP contribution in [0.1, 0.15) is 54.4 Å². The molecule has 3 saturated heterocycles. The van der Waals surface area contributed by atoms with Crippen LogP contribution in [0.4, 0.5) is 0 Å². The van der Waals surface area contributed by atoms with Gasteiger partial charge in [-0.25, -0.2) is 0 Å². The van der Waals surface area contributed by atoms with Crippen molar-refractivity contribution in [1.29, 1.82) is 0 Å². The number of amides is 3. The standard InChI is InChI=1S/C20H25N3O3/c1-22(17-10-15-6-7-16(11-17)21-15)20(26)14-4-2-13(3-5-14)12-23-18(24)8-9-19(23)25/h2-5,15-17,21H,6-12H2,1H3. The van der Waals surface area contributed by atoms with Crippen LogP contribution in [0.5, 0.6) is 0 Å². The predicted molar refractivity (Wildman–Crippen MR) is 96.3 cm³/mol. The first-order valence-electron chi connectivity index (χ1n) is 9.46. The first-order valence-corrected chi connectivity index (χ1v) is 9.46. The molecule has 3 heterocycles. The van der Waals surface area contributed by atoms with Crippen molar-refractivity contribution in [1.82, 2.24) is 15.1 Å². The van der Waals surface area contributed by atoms with E-state index in [9.17, 15) is 14.4 Å². The highest BCUT2D eigenvalue weighted by Gasteiger charge is 2.36. The molecule has 26 heavy (non-hydrogen) atoms. The molecule has 0 aliphatic carbocycles. The molecule has 6 heteroatoms. The first kappa shape index (κ1) is 17.2. The summed E-state index contributed by atoms with van der Waals surface area (Å²) in [5, 5.41) is 3.61. The zero-order valence-corrected chi connectivity index (χ0v) is 15.1. The lowest BCUT2D eigenvalue weighted by Crippen LogP contribution is -2.48. The van der Waals surface area contributed by atoms with Gasteiger partial charge < -0.3 is 10.2 Å². The van der Waals surface area contributed by atoms with E-state index in [1.54, 1.807) is 12.1 Å². The number of rotatable bonds is 4. The summed E-state index contributed by atoms with van der Waals surface area (Å²) in [6, 6.07) is 8.67. The summed E-state index contributed by atoms with van der Waals surface area (Å²) in [4.78, 5) is 39.5. The zero-order chi connectivity index (χ0) is 18.3. The molecule has 2 atom stereocenters. The largest absolute Gasteiger partial charge is 0.339 e. The quantitative estimate of drug-likeness (QED) is 0.835. The van der Waals surface area contributed by atoms with E-state index in [1.165, 1.54) is 17.7 Å². The van der Waals surface area contributed by atoms with E-state index in [1.807, 2.05) is 24.1 Å². The van der Waals surface area contributed by atoms with Gasteiger partial charge in [-0.3, -0.25) is 19.3 Å². The van der Waals surface area contributed by atoms with Gasteiger partial charge in [-0.05, 0) is 43.4 Å². The number of carbonyl (C=O) groups excluding carboxylic acids is 3. The average molecular weight is 355 g/mol. The van der Waals surface area contributed by atoms with E-state index in [0.717, 1.165) is 18.4 Å². The molecule has 3 aliphatic rings. The van der Waals surface area contributed by atoms with Crippen LogP contribution >= 0.6 is 0 Å². The minimum absolute atomic E-state index is 0.0381. The highest BCUT2D eigenvalue weighted by molar-refractivity contribution is 6.01. The Morgan fingerprint density at radius 1 is 1.08 bits per heavy atom. The molecule has 0 saturated carbocycles. The lowest BCUT2D eigenvalue weighted by molar-refractivity contribution is -0.139. The van der Waals surface area contributed by atoms with Crippen molar-refractivity contribution in [3.8, 4) is 0 Å². The Hall–Kier alpha value is -2.21. The fraction of sp³-hybridized carbons (Fsp3) is 0.550. The lowest BCUT2D eigenvalue weighted by Gasteiger charge is -2.35. The number of fused-ring (bicyclic) bond motifs is 2. The summed E-state index contributed by atoms with van der Waals surface area (Å²) in [5.74, 6) is -0.193. The van der Waals surface area contributed by atoms with Crippen molar-refractivity contribution in [2.75, 3.05) is 7.05 Å².